The molecule has 0 bridgehead atoms. The fraction of sp³-hybridized carbons (Fsp3) is 0.345. The van der Waals surface area contributed by atoms with Crippen molar-refractivity contribution in [3.8, 4) is 5.75 Å². The van der Waals surface area contributed by atoms with Gasteiger partial charge in [-0.1, -0.05) is 72.4 Å². The summed E-state index contributed by atoms with van der Waals surface area (Å²) in [6, 6.07) is 19.0. The third-order valence-electron chi connectivity index (χ3n) is 6.98. The Bertz CT molecular complexity index is 1280. The van der Waals surface area contributed by atoms with Crippen LogP contribution in [0.2, 0.25) is 10.0 Å². The van der Waals surface area contributed by atoms with Crippen LogP contribution in [0.1, 0.15) is 58.8 Å². The number of carbonyl (C=O) groups excluding carboxylic acids is 1. The highest BCUT2D eigenvalue weighted by molar-refractivity contribution is 7.97. The molecule has 1 heterocycles. The lowest BCUT2D eigenvalue weighted by molar-refractivity contribution is -0.0379. The third-order valence-corrected chi connectivity index (χ3v) is 7.81. The van der Waals surface area contributed by atoms with Crippen LogP contribution in [0.25, 0.3) is 0 Å². The molecule has 5 rings (SSSR count). The van der Waals surface area contributed by atoms with Gasteiger partial charge >= 0.3 is 0 Å². The molecule has 1 N–H and O–H groups in total. The van der Waals surface area contributed by atoms with E-state index in [0.717, 1.165) is 49.0 Å². The van der Waals surface area contributed by atoms with Crippen molar-refractivity contribution in [3.05, 3.63) is 98.8 Å². The second-order valence-electron chi connectivity index (χ2n) is 10.3. The number of ether oxygens (including phenoxy) is 1. The Hall–Kier alpha value is -2.25. The van der Waals surface area contributed by atoms with E-state index in [4.69, 9.17) is 27.9 Å². The number of benzene rings is 3. The Kier molecular flexibility index (Phi) is 7.73. The van der Waals surface area contributed by atoms with Crippen molar-refractivity contribution in [2.24, 2.45) is 5.41 Å². The zero-order valence-electron chi connectivity index (χ0n) is 20.8. The maximum absolute atomic E-state index is 14.8. The molecule has 2 aliphatic rings. The lowest BCUT2D eigenvalue weighted by Gasteiger charge is -2.51. The van der Waals surface area contributed by atoms with Crippen molar-refractivity contribution < 1.29 is 13.9 Å². The summed E-state index contributed by atoms with van der Waals surface area (Å²) in [7, 11) is 0. The monoisotopic (exact) mass is 558 g/mol. The summed E-state index contributed by atoms with van der Waals surface area (Å²) in [6.07, 6.45) is 3.79. The molecule has 194 valence electrons. The van der Waals surface area contributed by atoms with Crippen molar-refractivity contribution in [1.82, 2.24) is 9.62 Å². The Morgan fingerprint density at radius 2 is 1.78 bits per heavy atom. The molecular weight excluding hydrogens is 530 g/mol. The maximum Gasteiger partial charge on any atom is 0.264 e. The summed E-state index contributed by atoms with van der Waals surface area (Å²) in [5.41, 5.74) is 3.09. The van der Waals surface area contributed by atoms with Gasteiger partial charge < -0.3 is 4.74 Å². The minimum atomic E-state index is -0.562. The number of hydrogen-bond donors (Lipinski definition) is 1. The van der Waals surface area contributed by atoms with Gasteiger partial charge in [0.2, 0.25) is 0 Å². The van der Waals surface area contributed by atoms with Crippen LogP contribution >= 0.6 is 35.1 Å². The molecule has 37 heavy (non-hydrogen) atoms. The first-order chi connectivity index (χ1) is 17.8. The molecule has 3 aromatic rings. The van der Waals surface area contributed by atoms with Gasteiger partial charge in [0.05, 0.1) is 18.2 Å². The topological polar surface area (TPSA) is 41.6 Å². The van der Waals surface area contributed by atoms with Crippen LogP contribution in [0.3, 0.4) is 0 Å². The molecule has 2 fully saturated rings. The lowest BCUT2D eigenvalue weighted by Crippen LogP contribution is -2.58. The molecule has 1 aliphatic heterocycles. The van der Waals surface area contributed by atoms with Crippen LogP contribution < -0.4 is 9.46 Å². The van der Waals surface area contributed by atoms with Gasteiger partial charge in [-0.15, -0.1) is 0 Å². The van der Waals surface area contributed by atoms with Crippen LogP contribution in [-0.2, 0) is 0 Å². The molecule has 4 nitrogen and oxygen atoms in total. The van der Waals surface area contributed by atoms with E-state index in [1.807, 2.05) is 30.3 Å². The predicted octanol–water partition coefficient (Wildman–Crippen LogP) is 7.51. The number of likely N-dealkylation sites (tertiary alicyclic amines) is 1. The molecule has 1 unspecified atom stereocenters. The van der Waals surface area contributed by atoms with Gasteiger partial charge in [0, 0.05) is 40.9 Å². The smallest absolute Gasteiger partial charge is 0.264 e. The minimum Gasteiger partial charge on any atom is -0.493 e. The van der Waals surface area contributed by atoms with Crippen molar-refractivity contribution in [2.45, 2.75) is 31.7 Å². The summed E-state index contributed by atoms with van der Waals surface area (Å²) in [6.45, 7) is 4.24. The molecule has 0 radical (unpaired) electrons. The molecule has 1 saturated heterocycles. The quantitative estimate of drug-likeness (QED) is 0.276. The fourth-order valence-electron chi connectivity index (χ4n) is 5.17. The molecule has 3 aromatic carbocycles. The predicted molar refractivity (Wildman–Crippen MR) is 149 cm³/mol. The number of carbonyl (C=O) groups is 1. The van der Waals surface area contributed by atoms with Crippen LogP contribution in [0.15, 0.2) is 60.7 Å². The van der Waals surface area contributed by atoms with Crippen molar-refractivity contribution in [2.75, 3.05) is 26.0 Å². The van der Waals surface area contributed by atoms with Crippen LogP contribution in [0.4, 0.5) is 4.39 Å². The van der Waals surface area contributed by atoms with Crippen molar-refractivity contribution >= 4 is 41.1 Å². The van der Waals surface area contributed by atoms with Gasteiger partial charge in [-0.25, -0.2) is 4.39 Å². The molecule has 0 spiro atoms. The highest BCUT2D eigenvalue weighted by Crippen LogP contribution is 2.46. The maximum atomic E-state index is 14.8. The summed E-state index contributed by atoms with van der Waals surface area (Å²) in [5.74, 6) is -0.125. The zero-order chi connectivity index (χ0) is 26.2. The molecule has 8 heteroatoms. The van der Waals surface area contributed by atoms with E-state index in [2.05, 4.69) is 28.7 Å². The molecule has 0 aromatic heterocycles. The zero-order valence-corrected chi connectivity index (χ0v) is 23.1. The lowest BCUT2D eigenvalue weighted by atomic mass is 9.79. The standard InChI is InChI=1S/C29H29Cl2FN2O2S/c1-29(17-36-26-14-25(32)24(28(35)33-37-2)13-23(26)18-8-9-18)15-34(16-29)27(19-6-4-3-5-7-19)20-10-21(30)12-22(31)11-20/h3-7,10-14,18,27H,8-9,15-17H2,1-2H3,(H,33,35). The molecule has 1 atom stereocenters. The fourth-order valence-corrected chi connectivity index (χ4v) is 6.01. The second kappa shape index (κ2) is 10.9. The first kappa shape index (κ1) is 26.4. The van der Waals surface area contributed by atoms with E-state index in [1.54, 1.807) is 18.4 Å². The normalized spacial score (nSPS) is 17.6. The van der Waals surface area contributed by atoms with E-state index < -0.39 is 11.7 Å². The number of amides is 1. The SMILES string of the molecule is CSNC(=O)c1cc(C2CC2)c(OCC2(C)CN(C(c3ccccc3)c3cc(Cl)cc(Cl)c3)C2)cc1F. The Morgan fingerprint density at radius 3 is 2.41 bits per heavy atom. The molecule has 1 aliphatic carbocycles. The van der Waals surface area contributed by atoms with Gasteiger partial charge in [0.15, 0.2) is 0 Å². The Balaban J connectivity index is 1.32. The van der Waals surface area contributed by atoms with Gasteiger partial charge in [-0.05, 0) is 59.7 Å². The number of halogens is 3. The molecular formula is C29H29Cl2FN2O2S. The van der Waals surface area contributed by atoms with Gasteiger partial charge in [-0.3, -0.25) is 14.4 Å². The number of nitrogens with zero attached hydrogens (tertiary/aromatic N) is 1. The molecule has 1 saturated carbocycles. The number of rotatable bonds is 9. The van der Waals surface area contributed by atoms with Gasteiger partial charge in [-0.2, -0.15) is 0 Å². The molecule has 1 amide bonds. The Labute approximate surface area is 231 Å². The van der Waals surface area contributed by atoms with Gasteiger partial charge in [0.25, 0.3) is 5.91 Å². The van der Waals surface area contributed by atoms with E-state index >= 15 is 0 Å². The van der Waals surface area contributed by atoms with E-state index in [1.165, 1.54) is 11.6 Å². The summed E-state index contributed by atoms with van der Waals surface area (Å²) in [4.78, 5) is 14.7. The average Bonchev–Trinajstić information content (AvgIpc) is 3.67. The van der Waals surface area contributed by atoms with Gasteiger partial charge in [0.1, 0.15) is 11.6 Å². The number of hydrogen-bond acceptors (Lipinski definition) is 4. The third kappa shape index (κ3) is 5.93. The van der Waals surface area contributed by atoms with E-state index in [-0.39, 0.29) is 17.0 Å². The van der Waals surface area contributed by atoms with E-state index in [0.29, 0.717) is 28.3 Å². The minimum absolute atomic E-state index is 0.0131. The number of nitrogens with one attached hydrogen (secondary N) is 1. The van der Waals surface area contributed by atoms with Crippen molar-refractivity contribution in [1.29, 1.82) is 0 Å². The summed E-state index contributed by atoms with van der Waals surface area (Å²) >= 11 is 13.9. The average molecular weight is 560 g/mol. The first-order valence-corrected chi connectivity index (χ1v) is 14.3. The largest absolute Gasteiger partial charge is 0.493 e. The van der Waals surface area contributed by atoms with Crippen LogP contribution in [0.5, 0.6) is 5.75 Å². The van der Waals surface area contributed by atoms with Crippen LogP contribution in [-0.4, -0.2) is 36.8 Å². The van der Waals surface area contributed by atoms with Crippen LogP contribution in [0, 0.1) is 11.2 Å². The van der Waals surface area contributed by atoms with E-state index in [9.17, 15) is 9.18 Å². The summed E-state index contributed by atoms with van der Waals surface area (Å²) in [5, 5.41) is 1.22. The second-order valence-corrected chi connectivity index (χ2v) is 11.8. The Morgan fingerprint density at radius 1 is 1.11 bits per heavy atom. The highest BCUT2D eigenvalue weighted by Gasteiger charge is 2.44. The highest BCUT2D eigenvalue weighted by atomic mass is 35.5. The first-order valence-electron chi connectivity index (χ1n) is 12.3. The summed E-state index contributed by atoms with van der Waals surface area (Å²) < 4.78 is 23.7. The van der Waals surface area contributed by atoms with Crippen molar-refractivity contribution in [3.63, 3.8) is 0 Å².